The van der Waals surface area contributed by atoms with Gasteiger partial charge in [0.1, 0.15) is 12.1 Å². The van der Waals surface area contributed by atoms with Crippen LogP contribution < -0.4 is 10.6 Å². The van der Waals surface area contributed by atoms with E-state index < -0.39 is 29.9 Å². The Kier molecular flexibility index (Phi) is 5.46. The maximum Gasteiger partial charge on any atom is 0.325 e. The van der Waals surface area contributed by atoms with Gasteiger partial charge in [-0.3, -0.25) is 14.5 Å². The van der Waals surface area contributed by atoms with E-state index in [9.17, 15) is 14.4 Å². The molecule has 0 aromatic heterocycles. The van der Waals surface area contributed by atoms with Crippen molar-refractivity contribution in [2.75, 3.05) is 11.9 Å². The summed E-state index contributed by atoms with van der Waals surface area (Å²) >= 11 is 15.4. The lowest BCUT2D eigenvalue weighted by molar-refractivity contribution is -0.133. The molecule has 0 bridgehead atoms. The monoisotopic (exact) mass is 469 g/mol. The second-order valence-electron chi connectivity index (χ2n) is 6.13. The minimum Gasteiger partial charge on any atom is -0.324 e. The fourth-order valence-corrected chi connectivity index (χ4v) is 3.83. The number of hydrogen-bond acceptors (Lipinski definition) is 3. The molecule has 1 atom stereocenters. The number of carbonyl (C=O) groups is 3. The van der Waals surface area contributed by atoms with Crippen LogP contribution in [0.1, 0.15) is 12.5 Å². The van der Waals surface area contributed by atoms with Crippen molar-refractivity contribution in [1.82, 2.24) is 10.2 Å². The summed E-state index contributed by atoms with van der Waals surface area (Å²) < 4.78 is 0.792. The van der Waals surface area contributed by atoms with Crippen LogP contribution in [-0.4, -0.2) is 29.3 Å². The van der Waals surface area contributed by atoms with E-state index in [4.69, 9.17) is 23.2 Å². The first kappa shape index (κ1) is 19.7. The van der Waals surface area contributed by atoms with E-state index in [-0.39, 0.29) is 5.02 Å². The molecule has 2 aromatic carbocycles. The summed E-state index contributed by atoms with van der Waals surface area (Å²) in [5, 5.41) is 5.92. The summed E-state index contributed by atoms with van der Waals surface area (Å²) in [5.74, 6) is -1.07. The van der Waals surface area contributed by atoms with E-state index in [1.165, 1.54) is 13.0 Å². The summed E-state index contributed by atoms with van der Waals surface area (Å²) in [6, 6.07) is 11.0. The Bertz CT molecular complexity index is 953. The fraction of sp³-hybridized carbons (Fsp3) is 0.167. The highest BCUT2D eigenvalue weighted by Crippen LogP contribution is 2.34. The first-order chi connectivity index (χ1) is 12.7. The molecule has 140 valence electrons. The van der Waals surface area contributed by atoms with Gasteiger partial charge >= 0.3 is 6.03 Å². The highest BCUT2D eigenvalue weighted by molar-refractivity contribution is 9.10. The molecule has 1 saturated heterocycles. The van der Waals surface area contributed by atoms with Crippen molar-refractivity contribution in [3.05, 3.63) is 62.5 Å². The first-order valence-electron chi connectivity index (χ1n) is 7.86. The van der Waals surface area contributed by atoms with Gasteiger partial charge in [0.2, 0.25) is 5.91 Å². The quantitative estimate of drug-likeness (QED) is 0.658. The average molecular weight is 471 g/mol. The second-order valence-corrected chi connectivity index (χ2v) is 7.89. The molecular formula is C18H14BrCl2N3O3. The van der Waals surface area contributed by atoms with E-state index in [1.807, 2.05) is 6.07 Å². The molecule has 4 amide bonds. The standard InChI is InChI=1S/C18H14BrCl2N3O3/c1-18(13-6-5-11(20)8-14(13)21)16(26)24(17(27)23-18)9-15(25)22-12-4-2-3-10(19)7-12/h2-8H,9H2,1H3,(H,22,25)(H,23,27). The fourth-order valence-electron chi connectivity index (χ4n) is 2.83. The second kappa shape index (κ2) is 7.50. The van der Waals surface area contributed by atoms with Crippen LogP contribution in [0.2, 0.25) is 10.0 Å². The molecule has 1 unspecified atom stereocenters. The third-order valence-electron chi connectivity index (χ3n) is 4.15. The largest absolute Gasteiger partial charge is 0.325 e. The lowest BCUT2D eigenvalue weighted by Crippen LogP contribution is -2.42. The summed E-state index contributed by atoms with van der Waals surface area (Å²) in [4.78, 5) is 38.4. The lowest BCUT2D eigenvalue weighted by Gasteiger charge is -2.23. The SMILES string of the molecule is CC1(c2ccc(Cl)cc2Cl)NC(=O)N(CC(=O)Nc2cccc(Br)c2)C1=O. The minimum atomic E-state index is -1.38. The topological polar surface area (TPSA) is 78.5 Å². The molecule has 1 fully saturated rings. The molecule has 2 N–H and O–H groups in total. The zero-order chi connectivity index (χ0) is 19.8. The van der Waals surface area contributed by atoms with Crippen LogP contribution in [0.3, 0.4) is 0 Å². The summed E-state index contributed by atoms with van der Waals surface area (Å²) in [6.07, 6.45) is 0. The lowest BCUT2D eigenvalue weighted by atomic mass is 9.92. The number of amides is 4. The van der Waals surface area contributed by atoms with Crippen molar-refractivity contribution in [3.63, 3.8) is 0 Å². The van der Waals surface area contributed by atoms with Gasteiger partial charge < -0.3 is 10.6 Å². The number of anilines is 1. The normalized spacial score (nSPS) is 19.2. The minimum absolute atomic E-state index is 0.249. The van der Waals surface area contributed by atoms with Crippen LogP contribution in [0.4, 0.5) is 10.5 Å². The molecule has 1 heterocycles. The van der Waals surface area contributed by atoms with Crippen LogP contribution in [0.15, 0.2) is 46.9 Å². The van der Waals surface area contributed by atoms with Crippen molar-refractivity contribution in [3.8, 4) is 0 Å². The molecule has 1 aliphatic rings. The van der Waals surface area contributed by atoms with E-state index in [1.54, 1.807) is 30.3 Å². The van der Waals surface area contributed by atoms with Gasteiger partial charge in [0.15, 0.2) is 0 Å². The molecule has 27 heavy (non-hydrogen) atoms. The molecule has 6 nitrogen and oxygen atoms in total. The van der Waals surface area contributed by atoms with Crippen LogP contribution in [0.25, 0.3) is 0 Å². The molecule has 0 aliphatic carbocycles. The predicted molar refractivity (Wildman–Crippen MR) is 107 cm³/mol. The molecule has 2 aromatic rings. The van der Waals surface area contributed by atoms with Gasteiger partial charge in [-0.15, -0.1) is 0 Å². The van der Waals surface area contributed by atoms with E-state index in [0.717, 1.165) is 9.37 Å². The maximum absolute atomic E-state index is 12.9. The molecule has 0 saturated carbocycles. The number of carbonyl (C=O) groups excluding carboxylic acids is 3. The van der Waals surface area contributed by atoms with Crippen LogP contribution in [-0.2, 0) is 15.1 Å². The molecule has 0 spiro atoms. The van der Waals surface area contributed by atoms with Crippen molar-refractivity contribution in [2.24, 2.45) is 0 Å². The Balaban J connectivity index is 1.78. The number of halogens is 3. The zero-order valence-corrected chi connectivity index (χ0v) is 17.2. The third kappa shape index (κ3) is 3.95. The molecule has 1 aliphatic heterocycles. The highest BCUT2D eigenvalue weighted by atomic mass is 79.9. The van der Waals surface area contributed by atoms with Crippen LogP contribution >= 0.6 is 39.1 Å². The number of nitrogens with zero attached hydrogens (tertiary/aromatic N) is 1. The van der Waals surface area contributed by atoms with E-state index >= 15 is 0 Å². The van der Waals surface area contributed by atoms with Gasteiger partial charge in [-0.1, -0.05) is 51.3 Å². The number of urea groups is 1. The zero-order valence-electron chi connectivity index (χ0n) is 14.1. The number of imide groups is 1. The molecular weight excluding hydrogens is 457 g/mol. The number of rotatable bonds is 4. The van der Waals surface area contributed by atoms with Crippen LogP contribution in [0, 0.1) is 0 Å². The predicted octanol–water partition coefficient (Wildman–Crippen LogP) is 4.16. The smallest absolute Gasteiger partial charge is 0.324 e. The van der Waals surface area contributed by atoms with Gasteiger partial charge in [-0.05, 0) is 37.3 Å². The maximum atomic E-state index is 12.9. The van der Waals surface area contributed by atoms with Crippen molar-refractivity contribution < 1.29 is 14.4 Å². The van der Waals surface area contributed by atoms with Crippen molar-refractivity contribution >= 4 is 62.7 Å². The summed E-state index contributed by atoms with van der Waals surface area (Å²) in [7, 11) is 0. The van der Waals surface area contributed by atoms with Gasteiger partial charge in [-0.25, -0.2) is 4.79 Å². The van der Waals surface area contributed by atoms with E-state index in [0.29, 0.717) is 16.3 Å². The van der Waals surface area contributed by atoms with Crippen LogP contribution in [0.5, 0.6) is 0 Å². The molecule has 9 heteroatoms. The molecule has 3 rings (SSSR count). The number of hydrogen-bond donors (Lipinski definition) is 2. The average Bonchev–Trinajstić information content (AvgIpc) is 2.78. The Morgan fingerprint density at radius 1 is 1.22 bits per heavy atom. The Hall–Kier alpha value is -2.09. The van der Waals surface area contributed by atoms with Gasteiger partial charge in [0.25, 0.3) is 5.91 Å². The number of nitrogens with one attached hydrogen (secondary N) is 2. The Labute approximate surface area is 173 Å². The van der Waals surface area contributed by atoms with Gasteiger partial charge in [0.05, 0.1) is 0 Å². The van der Waals surface area contributed by atoms with Crippen molar-refractivity contribution in [1.29, 1.82) is 0 Å². The van der Waals surface area contributed by atoms with Gasteiger partial charge in [-0.2, -0.15) is 0 Å². The highest BCUT2D eigenvalue weighted by Gasteiger charge is 2.50. The summed E-state index contributed by atoms with van der Waals surface area (Å²) in [6.45, 7) is 1.12. The van der Waals surface area contributed by atoms with E-state index in [2.05, 4.69) is 26.6 Å². The molecule has 0 radical (unpaired) electrons. The van der Waals surface area contributed by atoms with Crippen molar-refractivity contribution in [2.45, 2.75) is 12.5 Å². The van der Waals surface area contributed by atoms with Gasteiger partial charge in [0, 0.05) is 25.8 Å². The number of benzene rings is 2. The Morgan fingerprint density at radius 3 is 2.63 bits per heavy atom. The first-order valence-corrected chi connectivity index (χ1v) is 9.40. The summed E-state index contributed by atoms with van der Waals surface area (Å²) in [5.41, 5.74) is -0.429. The Morgan fingerprint density at radius 2 is 1.96 bits per heavy atom. The third-order valence-corrected chi connectivity index (χ3v) is 5.20.